The molecule has 0 radical (unpaired) electrons. The zero-order valence-electron chi connectivity index (χ0n) is 84.5. The SMILES string of the molecule is [2H]c1c([2H])c([2H])c2c(c1[2H])c1c([2H])c([2H])c([2H])c([2H])c1n2-c1ccc2c(c1)N(CCCCCc1ccccc1-c1ccc3c(c1)C1(c4ccccc4-c4ccccc41)c1ccccc1-3)c1cc(C(C)(C)C)cc3c1B2c1ccc(-n2c4c([2H])c([2H])c([2H])c([2H])c4c4c([2H])c([2H])c([2H])c([2H])c42)cc1N3CCCCCc1ccccc1-c1ccc2c(c1)C1(c3ccccc3-c3ccccc31)c1ccccc1-2. The van der Waals surface area contributed by atoms with E-state index in [9.17, 15) is 16.4 Å². The lowest BCUT2D eigenvalue weighted by Gasteiger charge is -2.45. The molecule has 5 heteroatoms. The zero-order chi connectivity index (χ0) is 95.3. The van der Waals surface area contributed by atoms with Crippen LogP contribution >= 0.6 is 0 Å². The van der Waals surface area contributed by atoms with Gasteiger partial charge in [-0.05, 0) is 261 Å². The van der Waals surface area contributed by atoms with Crippen molar-refractivity contribution < 1.29 is 21.9 Å². The standard InChI is InChI=1S/C118H91BN4/c1-116(2,3)80-72-113-115-114(73-80)121(69-33-5-7-35-77-37-9-11-39-84(77)79-61-65-92-90-45-17-27-55-102(90)118(104(92)71-79)99-52-24-14-42-87(99)88-43-15-25-53-100(88)118)112-75-82(123-109-58-30-20-48-95(109)96-49-21-31-59-110(96)123)63-67-106(112)119(115)105-66-62-81(122-107-56-28-18-46-93(107)94-47-19-29-57-108(94)122)74-111(105)120(113)68-32-4-6-34-76-36-8-10-38-83(76)78-60-64-91-89-44-16-26-54-101(89)117(103(91)70-78)97-50-22-12-40-85(97)86-41-13-23-51-98(86)117/h8-31,36-67,70-75H,4-7,32-35,68-69H2,1-3H3/i18D,19D,20D,21D,28D,29D,30D,31D,46D,47D,48D,49D,56D,57D,58D,59D. The van der Waals surface area contributed by atoms with E-state index in [1.54, 1.807) is 9.13 Å². The van der Waals surface area contributed by atoms with E-state index in [1.165, 1.54) is 111 Å². The molecule has 586 valence electrons. The second-order valence-electron chi connectivity index (χ2n) is 35.2. The van der Waals surface area contributed by atoms with Crippen molar-refractivity contribution in [1.29, 1.82) is 0 Å². The molecule has 123 heavy (non-hydrogen) atoms. The Bertz CT molecular complexity index is 7890. The molecular weight excluding hydrogens is 1480 g/mol. The molecule has 6 aliphatic rings. The van der Waals surface area contributed by atoms with E-state index in [0.717, 1.165) is 94.4 Å². The third kappa shape index (κ3) is 10.5. The van der Waals surface area contributed by atoms with E-state index in [-0.39, 0.29) is 43.6 Å². The van der Waals surface area contributed by atoms with Gasteiger partial charge in [0, 0.05) is 68.8 Å². The van der Waals surface area contributed by atoms with Crippen molar-refractivity contribution in [2.45, 2.75) is 88.4 Å². The third-order valence-corrected chi connectivity index (χ3v) is 28.0. The fourth-order valence-corrected chi connectivity index (χ4v) is 22.8. The summed E-state index contributed by atoms with van der Waals surface area (Å²) in [4.78, 5) is 4.82. The Labute approximate surface area is 742 Å². The first-order valence-corrected chi connectivity index (χ1v) is 43.4. The summed E-state index contributed by atoms with van der Waals surface area (Å²) in [6.07, 6.45) is 6.24. The molecule has 25 rings (SSSR count). The maximum atomic E-state index is 9.76. The predicted octanol–water partition coefficient (Wildman–Crippen LogP) is 27.4. The van der Waals surface area contributed by atoms with Crippen LogP contribution in [0.3, 0.4) is 0 Å². The van der Waals surface area contributed by atoms with Crippen LogP contribution in [0, 0.1) is 0 Å². The number of hydrogen-bond donors (Lipinski definition) is 0. The molecule has 4 aliphatic carbocycles. The quantitative estimate of drug-likeness (QED) is 0.0708. The van der Waals surface area contributed by atoms with Crippen molar-refractivity contribution in [3.63, 3.8) is 0 Å². The first kappa shape index (κ1) is 57.3. The van der Waals surface area contributed by atoms with Crippen molar-refractivity contribution in [1.82, 2.24) is 9.13 Å². The molecule has 19 aromatic rings. The van der Waals surface area contributed by atoms with Gasteiger partial charge in [-0.2, -0.15) is 0 Å². The van der Waals surface area contributed by atoms with Gasteiger partial charge in [0.1, 0.15) is 0 Å². The predicted molar refractivity (Wildman–Crippen MR) is 517 cm³/mol. The molecule has 0 atom stereocenters. The minimum atomic E-state index is -0.559. The lowest BCUT2D eigenvalue weighted by Crippen LogP contribution is -2.62. The van der Waals surface area contributed by atoms with Gasteiger partial charge in [0.2, 0.25) is 0 Å². The van der Waals surface area contributed by atoms with E-state index >= 15 is 0 Å². The highest BCUT2D eigenvalue weighted by molar-refractivity contribution is 7.00. The van der Waals surface area contributed by atoms with Gasteiger partial charge in [0.25, 0.3) is 6.71 Å². The van der Waals surface area contributed by atoms with Crippen molar-refractivity contribution >= 4 is 89.5 Å². The largest absolute Gasteiger partial charge is 0.342 e. The average molecular weight is 1590 g/mol. The first-order valence-electron chi connectivity index (χ1n) is 51.4. The lowest BCUT2D eigenvalue weighted by molar-refractivity contribution is 0.590. The molecule has 17 aromatic carbocycles. The average Bonchev–Trinajstić information content (AvgIpc) is 1.57. The number of fused-ring (bicyclic) bond motifs is 30. The van der Waals surface area contributed by atoms with Crippen LogP contribution in [-0.2, 0) is 29.1 Å². The molecule has 4 heterocycles. The van der Waals surface area contributed by atoms with Gasteiger partial charge >= 0.3 is 0 Å². The number of benzene rings is 17. The Morgan fingerprint density at radius 1 is 0.285 bits per heavy atom. The Balaban J connectivity index is 0.624. The summed E-state index contributed by atoms with van der Waals surface area (Å²) < 4.78 is 153. The van der Waals surface area contributed by atoms with E-state index in [2.05, 4.69) is 285 Å². The molecule has 0 unspecified atom stereocenters. The second-order valence-corrected chi connectivity index (χ2v) is 35.2. The van der Waals surface area contributed by atoms with E-state index in [4.69, 9.17) is 5.48 Å². The topological polar surface area (TPSA) is 16.3 Å². The van der Waals surface area contributed by atoms with Gasteiger partial charge in [-0.25, -0.2) is 0 Å². The summed E-state index contributed by atoms with van der Waals surface area (Å²) in [6, 6.07) is 94.2. The highest BCUT2D eigenvalue weighted by atomic mass is 15.2. The van der Waals surface area contributed by atoms with E-state index in [1.807, 2.05) is 24.3 Å². The maximum absolute atomic E-state index is 9.76. The number of unbranched alkanes of at least 4 members (excludes halogenated alkanes) is 4. The number of para-hydroxylation sites is 4. The van der Waals surface area contributed by atoms with Crippen LogP contribution in [0.1, 0.15) is 142 Å². The number of rotatable bonds is 16. The van der Waals surface area contributed by atoms with Crippen LogP contribution < -0.4 is 26.2 Å². The minimum absolute atomic E-state index is 0.00321. The molecule has 2 aliphatic heterocycles. The van der Waals surface area contributed by atoms with Gasteiger partial charge in [-0.15, -0.1) is 0 Å². The summed E-state index contributed by atoms with van der Waals surface area (Å²) in [6.45, 7) is 7.06. The lowest BCUT2D eigenvalue weighted by atomic mass is 9.33. The molecule has 4 nitrogen and oxygen atoms in total. The van der Waals surface area contributed by atoms with E-state index in [0.29, 0.717) is 37.3 Å². The number of anilines is 4. The zero-order valence-corrected chi connectivity index (χ0v) is 68.5. The smallest absolute Gasteiger partial charge is 0.252 e. The van der Waals surface area contributed by atoms with Crippen LogP contribution in [0.2, 0.25) is 0 Å². The Morgan fingerprint density at radius 2 is 0.593 bits per heavy atom. The van der Waals surface area contributed by atoms with Gasteiger partial charge in [0.15, 0.2) is 0 Å². The number of nitrogens with zero attached hydrogens (tertiary/aromatic N) is 4. The summed E-state index contributed by atoms with van der Waals surface area (Å²) in [5.41, 5.74) is 33.9. The maximum Gasteiger partial charge on any atom is 0.252 e. The molecule has 0 bridgehead atoms. The molecule has 2 aromatic heterocycles. The Kier molecular flexibility index (Phi) is 12.9. The molecule has 0 fully saturated rings. The third-order valence-electron chi connectivity index (χ3n) is 28.0. The summed E-state index contributed by atoms with van der Waals surface area (Å²) >= 11 is 0. The van der Waals surface area contributed by atoms with Gasteiger partial charge in [-0.1, -0.05) is 337 Å². The highest BCUT2D eigenvalue weighted by Gasteiger charge is 2.54. The van der Waals surface area contributed by atoms with Crippen LogP contribution in [-0.4, -0.2) is 28.9 Å². The first-order chi connectivity index (χ1) is 67.3. The summed E-state index contributed by atoms with van der Waals surface area (Å²) in [5, 5.41) is -0.115. The normalized spacial score (nSPS) is 15.9. The highest BCUT2D eigenvalue weighted by Crippen LogP contribution is 2.65. The van der Waals surface area contributed by atoms with Crippen molar-refractivity contribution in [2.75, 3.05) is 22.9 Å². The van der Waals surface area contributed by atoms with Crippen molar-refractivity contribution in [3.8, 4) is 78.1 Å². The molecule has 2 spiro atoms. The number of hydrogen-bond acceptors (Lipinski definition) is 2. The van der Waals surface area contributed by atoms with Crippen LogP contribution in [0.5, 0.6) is 0 Å². The summed E-state index contributed by atoms with van der Waals surface area (Å²) in [5.74, 6) is 0. The Hall–Kier alpha value is -14.0. The fraction of sp³-hybridized carbons (Fsp3) is 0.136. The second kappa shape index (κ2) is 27.8. The monoisotopic (exact) mass is 1590 g/mol. The molecular formula is C118H91BN4. The van der Waals surface area contributed by atoms with Crippen LogP contribution in [0.25, 0.3) is 122 Å². The molecule has 0 N–H and O–H groups in total. The van der Waals surface area contributed by atoms with Crippen LogP contribution in [0.15, 0.2) is 376 Å². The van der Waals surface area contributed by atoms with Crippen molar-refractivity contribution in [2.24, 2.45) is 0 Å². The fourth-order valence-electron chi connectivity index (χ4n) is 22.8. The van der Waals surface area contributed by atoms with Crippen molar-refractivity contribution in [3.05, 3.63) is 437 Å². The van der Waals surface area contributed by atoms with Gasteiger partial charge < -0.3 is 18.9 Å². The summed E-state index contributed by atoms with van der Waals surface area (Å²) in [7, 11) is 0. The van der Waals surface area contributed by atoms with E-state index < -0.39 is 120 Å². The van der Waals surface area contributed by atoms with Crippen LogP contribution in [0.4, 0.5) is 22.7 Å². The Morgan fingerprint density at radius 3 is 0.935 bits per heavy atom. The number of aryl methyl sites for hydroxylation is 2. The van der Waals surface area contributed by atoms with Gasteiger partial charge in [-0.3, -0.25) is 0 Å². The molecule has 0 amide bonds. The number of aromatic nitrogens is 2. The molecule has 0 saturated carbocycles. The van der Waals surface area contributed by atoms with Gasteiger partial charge in [0.05, 0.1) is 54.8 Å². The molecule has 0 saturated heterocycles. The minimum Gasteiger partial charge on any atom is -0.342 e.